The van der Waals surface area contributed by atoms with Crippen molar-refractivity contribution in [3.8, 4) is 28.5 Å². The van der Waals surface area contributed by atoms with E-state index in [1.807, 2.05) is 60.9 Å². The van der Waals surface area contributed by atoms with Crippen molar-refractivity contribution in [3.63, 3.8) is 0 Å². The summed E-state index contributed by atoms with van der Waals surface area (Å²) in [6.07, 6.45) is 2.85. The topological polar surface area (TPSA) is 109 Å². The predicted octanol–water partition coefficient (Wildman–Crippen LogP) is 4.31. The molecule has 5 rings (SSSR count). The number of imidazole rings is 1. The minimum absolute atomic E-state index is 0.172. The van der Waals surface area contributed by atoms with Crippen molar-refractivity contribution < 1.29 is 23.5 Å². The lowest BCUT2D eigenvalue weighted by Gasteiger charge is -2.11. The Labute approximate surface area is 219 Å². The quantitative estimate of drug-likeness (QED) is 0.265. The van der Waals surface area contributed by atoms with E-state index in [-0.39, 0.29) is 12.6 Å². The van der Waals surface area contributed by atoms with Gasteiger partial charge in [-0.25, -0.2) is 14.4 Å². The van der Waals surface area contributed by atoms with Gasteiger partial charge < -0.3 is 9.57 Å². The van der Waals surface area contributed by atoms with Gasteiger partial charge in [-0.3, -0.25) is 20.1 Å². The first kappa shape index (κ1) is 26.2. The van der Waals surface area contributed by atoms with Gasteiger partial charge in [0.2, 0.25) is 0 Å². The molecule has 5 aromatic rings. The fourth-order valence-corrected chi connectivity index (χ4v) is 3.83. The first-order chi connectivity index (χ1) is 18.4. The number of anilines is 1. The number of carbonyl (C=O) groups excluding carboxylic acids is 1. The van der Waals surface area contributed by atoms with Crippen LogP contribution in [0.4, 0.5) is 10.2 Å². The molecule has 0 saturated carbocycles. The van der Waals surface area contributed by atoms with Crippen LogP contribution in [-0.2, 0) is 16.1 Å². The summed E-state index contributed by atoms with van der Waals surface area (Å²) in [5.41, 5.74) is 10.9. The van der Waals surface area contributed by atoms with E-state index in [9.17, 15) is 9.18 Å². The Morgan fingerprint density at radius 3 is 2.42 bits per heavy atom. The summed E-state index contributed by atoms with van der Waals surface area (Å²) in [5.74, 6) is 0.146. The highest BCUT2D eigenvalue weighted by Crippen LogP contribution is 2.31. The van der Waals surface area contributed by atoms with E-state index in [0.717, 1.165) is 17.4 Å². The molecule has 38 heavy (non-hydrogen) atoms. The third-order valence-electron chi connectivity index (χ3n) is 5.57. The summed E-state index contributed by atoms with van der Waals surface area (Å²) in [5, 5.41) is 0. The molecule has 194 valence electrons. The molecular formula is C28H28FN6O3+. The van der Waals surface area contributed by atoms with E-state index in [0.29, 0.717) is 39.8 Å². The first-order valence-electron chi connectivity index (χ1n) is 12.0. The Morgan fingerprint density at radius 2 is 1.76 bits per heavy atom. The molecule has 0 amide bonds. The summed E-state index contributed by atoms with van der Waals surface area (Å²) in [4.78, 5) is 30.3. The average molecular weight is 516 g/mol. The Kier molecular flexibility index (Phi) is 7.91. The summed E-state index contributed by atoms with van der Waals surface area (Å²) in [6.45, 7) is 5.54. The lowest BCUT2D eigenvalue weighted by molar-refractivity contribution is -0.873. The summed E-state index contributed by atoms with van der Waals surface area (Å²) in [7, 11) is 1.52. The van der Waals surface area contributed by atoms with Gasteiger partial charge in [0, 0.05) is 12.6 Å². The number of nitrogens with zero attached hydrogens (tertiary/aromatic N) is 5. The second-order valence-corrected chi connectivity index (χ2v) is 7.93. The highest BCUT2D eigenvalue weighted by Gasteiger charge is 2.22. The number of ether oxygens (including phenoxy) is 1. The van der Waals surface area contributed by atoms with Gasteiger partial charge in [-0.15, -0.1) is 0 Å². The molecule has 1 aromatic carbocycles. The van der Waals surface area contributed by atoms with Crippen LogP contribution in [-0.4, -0.2) is 32.6 Å². The second-order valence-electron chi connectivity index (χ2n) is 7.93. The van der Waals surface area contributed by atoms with Gasteiger partial charge in [-0.05, 0) is 58.8 Å². The molecule has 0 radical (unpaired) electrons. The number of nitrogens with two attached hydrogens (primary N) is 1. The monoisotopic (exact) mass is 515 g/mol. The zero-order valence-electron chi connectivity index (χ0n) is 21.6. The molecule has 0 aliphatic heterocycles. The minimum atomic E-state index is -0.424. The van der Waals surface area contributed by atoms with Crippen LogP contribution in [0.3, 0.4) is 0 Å². The smallest absolute Gasteiger partial charge is 0.323 e. The number of aromatic nitrogens is 5. The van der Waals surface area contributed by atoms with Gasteiger partial charge in [0.05, 0.1) is 17.6 Å². The van der Waals surface area contributed by atoms with Crippen LogP contribution in [0.5, 0.6) is 0 Å². The number of rotatable bonds is 6. The summed E-state index contributed by atoms with van der Waals surface area (Å²) in [6, 6.07) is 17.7. The number of halogens is 1. The molecule has 0 bridgehead atoms. The number of esters is 1. The molecular weight excluding hydrogens is 487 g/mol. The van der Waals surface area contributed by atoms with Crippen molar-refractivity contribution in [2.45, 2.75) is 27.4 Å². The number of pyridine rings is 3. The standard InChI is InChI=1S/C26H21FN6O3.C2H6/c1-16(34)36-15-17-5-8-19(9-6-17)33-25(20-4-3-13-32(35-2)24(20)28)31-23-12-11-22(30-26(23)33)21-10-7-18(27)14-29-21;1-2/h3-14,28H,15H2,1-2H3;1-2H3/p+1. The highest BCUT2D eigenvalue weighted by molar-refractivity contribution is 5.83. The summed E-state index contributed by atoms with van der Waals surface area (Å²) >= 11 is 0. The molecule has 4 heterocycles. The SMILES string of the molecule is CC.CO[n+]1cccc(-c2nc3ccc(-c4ccc(F)cn4)nc3n2-c2ccc(COC(C)=O)cc2)c1N. The van der Waals surface area contributed by atoms with E-state index in [2.05, 4.69) is 4.98 Å². The number of hydrogen-bond acceptors (Lipinski definition) is 7. The zero-order valence-corrected chi connectivity index (χ0v) is 21.6. The van der Waals surface area contributed by atoms with Crippen molar-refractivity contribution in [1.82, 2.24) is 19.5 Å². The lowest BCUT2D eigenvalue weighted by atomic mass is 10.2. The van der Waals surface area contributed by atoms with Gasteiger partial charge in [0.25, 0.3) is 0 Å². The maximum atomic E-state index is 13.4. The maximum absolute atomic E-state index is 13.4. The molecule has 0 aliphatic carbocycles. The zero-order chi connectivity index (χ0) is 27.2. The minimum Gasteiger partial charge on any atom is -0.461 e. The fourth-order valence-electron chi connectivity index (χ4n) is 3.83. The van der Waals surface area contributed by atoms with Gasteiger partial charge in [-0.1, -0.05) is 26.0 Å². The van der Waals surface area contributed by atoms with E-state index < -0.39 is 5.82 Å². The molecule has 0 spiro atoms. The van der Waals surface area contributed by atoms with Gasteiger partial charge in [0.1, 0.15) is 36.8 Å². The van der Waals surface area contributed by atoms with Gasteiger partial charge >= 0.3 is 11.8 Å². The second kappa shape index (κ2) is 11.5. The van der Waals surface area contributed by atoms with Crippen LogP contribution in [0.15, 0.2) is 73.1 Å². The van der Waals surface area contributed by atoms with Gasteiger partial charge in [0.15, 0.2) is 11.5 Å². The number of hydrogen-bond donors (Lipinski definition) is 1. The largest absolute Gasteiger partial charge is 0.461 e. The van der Waals surface area contributed by atoms with E-state index in [4.69, 9.17) is 25.3 Å². The normalized spacial score (nSPS) is 10.6. The Balaban J connectivity index is 0.00000164. The van der Waals surface area contributed by atoms with Crippen molar-refractivity contribution in [2.75, 3.05) is 12.8 Å². The number of carbonyl (C=O) groups is 1. The molecule has 0 saturated heterocycles. The predicted molar refractivity (Wildman–Crippen MR) is 141 cm³/mol. The molecule has 0 fully saturated rings. The van der Waals surface area contributed by atoms with Crippen molar-refractivity contribution in [3.05, 3.63) is 84.4 Å². The fraction of sp³-hybridized carbons (Fsp3) is 0.179. The first-order valence-corrected chi connectivity index (χ1v) is 12.0. The maximum Gasteiger partial charge on any atom is 0.323 e. The van der Waals surface area contributed by atoms with Crippen LogP contribution >= 0.6 is 0 Å². The third kappa shape index (κ3) is 5.29. The van der Waals surface area contributed by atoms with Crippen LogP contribution < -0.4 is 15.3 Å². The van der Waals surface area contributed by atoms with E-state index in [1.54, 1.807) is 18.3 Å². The van der Waals surface area contributed by atoms with E-state index >= 15 is 0 Å². The van der Waals surface area contributed by atoms with Crippen LogP contribution in [0.2, 0.25) is 0 Å². The van der Waals surface area contributed by atoms with Crippen molar-refractivity contribution in [1.29, 1.82) is 0 Å². The highest BCUT2D eigenvalue weighted by atomic mass is 19.1. The molecule has 4 aromatic heterocycles. The number of fused-ring (bicyclic) bond motifs is 1. The molecule has 2 N–H and O–H groups in total. The Morgan fingerprint density at radius 1 is 1.03 bits per heavy atom. The van der Waals surface area contributed by atoms with E-state index in [1.165, 1.54) is 24.8 Å². The molecule has 0 unspecified atom stereocenters. The van der Waals surface area contributed by atoms with Crippen LogP contribution in [0, 0.1) is 5.82 Å². The van der Waals surface area contributed by atoms with Gasteiger partial charge in [-0.2, -0.15) is 0 Å². The third-order valence-corrected chi connectivity index (χ3v) is 5.57. The van der Waals surface area contributed by atoms with Crippen LogP contribution in [0.25, 0.3) is 39.6 Å². The molecule has 9 nitrogen and oxygen atoms in total. The molecule has 10 heteroatoms. The number of benzene rings is 1. The molecule has 0 aliphatic rings. The molecule has 0 atom stereocenters. The Bertz CT molecular complexity index is 1570. The lowest BCUT2D eigenvalue weighted by Crippen LogP contribution is -2.43. The van der Waals surface area contributed by atoms with Crippen LogP contribution in [0.1, 0.15) is 26.3 Å². The average Bonchev–Trinajstić information content (AvgIpc) is 3.32. The number of nitrogen functional groups attached to an aromatic ring is 1. The summed E-state index contributed by atoms with van der Waals surface area (Å²) < 4.78 is 21.8. The van der Waals surface area contributed by atoms with Crippen molar-refractivity contribution in [2.24, 2.45) is 0 Å². The van der Waals surface area contributed by atoms with Crippen molar-refractivity contribution >= 4 is 23.0 Å². The Hall–Kier alpha value is -4.86.